The molecule has 0 saturated carbocycles. The number of halogens is 1. The van der Waals surface area contributed by atoms with Crippen LogP contribution in [0.25, 0.3) is 0 Å². The van der Waals surface area contributed by atoms with Gasteiger partial charge in [-0.1, -0.05) is 0 Å². The summed E-state index contributed by atoms with van der Waals surface area (Å²) in [5, 5.41) is 18.6. The summed E-state index contributed by atoms with van der Waals surface area (Å²) in [7, 11) is 0. The fourth-order valence-electron chi connectivity index (χ4n) is 0.775. The minimum Gasteiger partial charge on any atom is -0.480 e. The molecule has 0 aromatic carbocycles. The zero-order valence-electron chi connectivity index (χ0n) is 7.36. The SMILES string of the molecule is CC(=O)N[C@H](C[C@@H](F)C(=O)O)C(=O)O. The second kappa shape index (κ2) is 5.15. The lowest BCUT2D eigenvalue weighted by atomic mass is 10.1. The zero-order valence-corrected chi connectivity index (χ0v) is 7.36. The Hall–Kier alpha value is -1.66. The predicted molar refractivity (Wildman–Crippen MR) is 42.4 cm³/mol. The summed E-state index contributed by atoms with van der Waals surface area (Å²) in [5.74, 6) is -3.87. The van der Waals surface area contributed by atoms with Crippen molar-refractivity contribution in [2.45, 2.75) is 25.6 Å². The van der Waals surface area contributed by atoms with E-state index >= 15 is 0 Å². The number of carboxylic acids is 2. The van der Waals surface area contributed by atoms with Crippen molar-refractivity contribution in [1.29, 1.82) is 0 Å². The summed E-state index contributed by atoms with van der Waals surface area (Å²) >= 11 is 0. The number of amides is 1. The number of rotatable bonds is 5. The molecule has 3 N–H and O–H groups in total. The smallest absolute Gasteiger partial charge is 0.338 e. The molecule has 0 aliphatic rings. The first kappa shape index (κ1) is 12.3. The third-order valence-electron chi connectivity index (χ3n) is 1.39. The molecule has 6 nitrogen and oxygen atoms in total. The Bertz CT molecular complexity index is 254. The molecule has 0 aliphatic carbocycles. The number of hydrogen-bond acceptors (Lipinski definition) is 3. The molecule has 0 spiro atoms. The maximum atomic E-state index is 12.6. The van der Waals surface area contributed by atoms with Crippen molar-refractivity contribution in [2.24, 2.45) is 0 Å². The number of aliphatic carboxylic acids is 2. The van der Waals surface area contributed by atoms with Gasteiger partial charge >= 0.3 is 11.9 Å². The van der Waals surface area contributed by atoms with Crippen LogP contribution in [-0.4, -0.2) is 40.3 Å². The Kier molecular flexibility index (Phi) is 4.54. The molecule has 7 heteroatoms. The van der Waals surface area contributed by atoms with Gasteiger partial charge in [0.2, 0.25) is 5.91 Å². The Balaban J connectivity index is 4.30. The third kappa shape index (κ3) is 4.39. The Morgan fingerprint density at radius 3 is 2.07 bits per heavy atom. The monoisotopic (exact) mass is 207 g/mol. The molecule has 0 aromatic rings. The van der Waals surface area contributed by atoms with Gasteiger partial charge in [-0.2, -0.15) is 0 Å². The molecule has 0 saturated heterocycles. The number of carboxylic acid groups (broad SMARTS) is 2. The molecule has 0 heterocycles. The summed E-state index contributed by atoms with van der Waals surface area (Å²) in [4.78, 5) is 30.9. The van der Waals surface area contributed by atoms with E-state index < -0.39 is 36.5 Å². The van der Waals surface area contributed by atoms with Crippen molar-refractivity contribution in [1.82, 2.24) is 5.32 Å². The molecule has 0 rings (SSSR count). The van der Waals surface area contributed by atoms with Gasteiger partial charge in [0.05, 0.1) is 0 Å². The van der Waals surface area contributed by atoms with Gasteiger partial charge in [-0.25, -0.2) is 14.0 Å². The minimum absolute atomic E-state index is 0.657. The molecular weight excluding hydrogens is 197 g/mol. The van der Waals surface area contributed by atoms with Gasteiger partial charge in [-0.3, -0.25) is 4.79 Å². The largest absolute Gasteiger partial charge is 0.480 e. The predicted octanol–water partition coefficient (Wildman–Crippen LogP) is -0.611. The fraction of sp³-hybridized carbons (Fsp3) is 0.571. The van der Waals surface area contributed by atoms with Gasteiger partial charge in [0, 0.05) is 13.3 Å². The first-order valence-electron chi connectivity index (χ1n) is 3.71. The number of hydrogen-bond donors (Lipinski definition) is 3. The maximum absolute atomic E-state index is 12.6. The summed E-state index contributed by atoms with van der Waals surface area (Å²) in [5.41, 5.74) is 0. The highest BCUT2D eigenvalue weighted by Crippen LogP contribution is 2.03. The van der Waals surface area contributed by atoms with Gasteiger partial charge in [0.25, 0.3) is 0 Å². The molecule has 80 valence electrons. The van der Waals surface area contributed by atoms with E-state index in [1.165, 1.54) is 0 Å². The van der Waals surface area contributed by atoms with E-state index in [1.807, 2.05) is 5.32 Å². The van der Waals surface area contributed by atoms with Crippen LogP contribution in [0.5, 0.6) is 0 Å². The van der Waals surface area contributed by atoms with Crippen LogP contribution in [0.2, 0.25) is 0 Å². The van der Waals surface area contributed by atoms with Crippen LogP contribution in [0.4, 0.5) is 4.39 Å². The van der Waals surface area contributed by atoms with Crippen molar-refractivity contribution in [3.05, 3.63) is 0 Å². The number of carbonyl (C=O) groups excluding carboxylic acids is 1. The first-order valence-corrected chi connectivity index (χ1v) is 3.71. The van der Waals surface area contributed by atoms with Crippen LogP contribution in [0.3, 0.4) is 0 Å². The molecule has 14 heavy (non-hydrogen) atoms. The second-order valence-corrected chi connectivity index (χ2v) is 2.63. The quantitative estimate of drug-likeness (QED) is 0.557. The maximum Gasteiger partial charge on any atom is 0.338 e. The van der Waals surface area contributed by atoms with Gasteiger partial charge in [0.15, 0.2) is 6.17 Å². The van der Waals surface area contributed by atoms with Crippen molar-refractivity contribution in [3.63, 3.8) is 0 Å². The lowest BCUT2D eigenvalue weighted by Gasteiger charge is -2.13. The van der Waals surface area contributed by atoms with Gasteiger partial charge in [-0.05, 0) is 0 Å². The molecule has 0 radical (unpaired) electrons. The molecule has 0 aromatic heterocycles. The molecule has 2 atom stereocenters. The Morgan fingerprint density at radius 1 is 1.29 bits per heavy atom. The standard InChI is InChI=1S/C7H10FNO5/c1-3(10)9-5(7(13)14)2-4(8)6(11)12/h4-5H,2H2,1H3,(H,9,10)(H,11,12)(H,13,14)/t4-,5-/m1/s1. The minimum atomic E-state index is -2.30. The molecule has 0 bridgehead atoms. The molecule has 0 aliphatic heterocycles. The average Bonchev–Trinajstić information content (AvgIpc) is 2.01. The van der Waals surface area contributed by atoms with Crippen LogP contribution in [0.1, 0.15) is 13.3 Å². The van der Waals surface area contributed by atoms with E-state index in [0.29, 0.717) is 0 Å². The van der Waals surface area contributed by atoms with Crippen LogP contribution < -0.4 is 5.32 Å². The van der Waals surface area contributed by atoms with Crippen LogP contribution in [0, 0.1) is 0 Å². The number of nitrogens with one attached hydrogen (secondary N) is 1. The Morgan fingerprint density at radius 2 is 1.79 bits per heavy atom. The van der Waals surface area contributed by atoms with E-state index in [4.69, 9.17) is 10.2 Å². The summed E-state index contributed by atoms with van der Waals surface area (Å²) < 4.78 is 12.6. The molecular formula is C7H10FNO5. The van der Waals surface area contributed by atoms with Gasteiger partial charge in [0.1, 0.15) is 6.04 Å². The van der Waals surface area contributed by atoms with E-state index in [0.717, 1.165) is 6.92 Å². The van der Waals surface area contributed by atoms with Crippen molar-refractivity contribution >= 4 is 17.8 Å². The van der Waals surface area contributed by atoms with Crippen molar-refractivity contribution < 1.29 is 29.0 Å². The van der Waals surface area contributed by atoms with E-state index in [9.17, 15) is 18.8 Å². The number of alkyl halides is 1. The number of carbonyl (C=O) groups is 3. The van der Waals surface area contributed by atoms with Crippen molar-refractivity contribution in [3.8, 4) is 0 Å². The topological polar surface area (TPSA) is 104 Å². The first-order chi connectivity index (χ1) is 6.34. The third-order valence-corrected chi connectivity index (χ3v) is 1.39. The molecule has 0 unspecified atom stereocenters. The zero-order chi connectivity index (χ0) is 11.3. The van der Waals surface area contributed by atoms with E-state index in [2.05, 4.69) is 0 Å². The molecule has 0 fully saturated rings. The lowest BCUT2D eigenvalue weighted by Crippen LogP contribution is -2.42. The second-order valence-electron chi connectivity index (χ2n) is 2.63. The van der Waals surface area contributed by atoms with Crippen LogP contribution in [0.15, 0.2) is 0 Å². The van der Waals surface area contributed by atoms with Gasteiger partial charge in [-0.15, -0.1) is 0 Å². The highest BCUT2D eigenvalue weighted by molar-refractivity contribution is 5.83. The highest BCUT2D eigenvalue weighted by Gasteiger charge is 2.27. The van der Waals surface area contributed by atoms with Gasteiger partial charge < -0.3 is 15.5 Å². The lowest BCUT2D eigenvalue weighted by molar-refractivity contribution is -0.146. The average molecular weight is 207 g/mol. The van der Waals surface area contributed by atoms with Crippen LogP contribution >= 0.6 is 0 Å². The summed E-state index contributed by atoms with van der Waals surface area (Å²) in [6.07, 6.45) is -3.09. The normalized spacial score (nSPS) is 14.1. The summed E-state index contributed by atoms with van der Waals surface area (Å²) in [6.45, 7) is 1.06. The van der Waals surface area contributed by atoms with Crippen LogP contribution in [-0.2, 0) is 14.4 Å². The molecule has 1 amide bonds. The Labute approximate surface area is 78.7 Å². The van der Waals surface area contributed by atoms with E-state index in [1.54, 1.807) is 0 Å². The fourth-order valence-corrected chi connectivity index (χ4v) is 0.775. The van der Waals surface area contributed by atoms with Crippen molar-refractivity contribution in [2.75, 3.05) is 0 Å². The summed E-state index contributed by atoms with van der Waals surface area (Å²) in [6, 6.07) is -1.52. The highest BCUT2D eigenvalue weighted by atomic mass is 19.1. The van der Waals surface area contributed by atoms with E-state index in [-0.39, 0.29) is 0 Å².